The zero-order valence-corrected chi connectivity index (χ0v) is 14.8. The number of aryl methyl sites for hydroxylation is 1. The molecule has 2 heterocycles. The number of nitrogens with zero attached hydrogens (tertiary/aromatic N) is 3. The molecular formula is C16H30N4S. The summed E-state index contributed by atoms with van der Waals surface area (Å²) < 4.78 is 0. The molecule has 0 aromatic carbocycles. The van der Waals surface area contributed by atoms with Crippen LogP contribution in [0.3, 0.4) is 0 Å². The van der Waals surface area contributed by atoms with Crippen LogP contribution in [-0.4, -0.2) is 48.6 Å². The second-order valence-electron chi connectivity index (χ2n) is 6.01. The smallest absolute Gasteiger partial charge is 0.185 e. The van der Waals surface area contributed by atoms with Crippen molar-refractivity contribution in [2.45, 2.75) is 53.1 Å². The van der Waals surface area contributed by atoms with Crippen molar-refractivity contribution in [2.24, 2.45) is 0 Å². The average molecular weight is 311 g/mol. The van der Waals surface area contributed by atoms with Crippen molar-refractivity contribution in [2.75, 3.05) is 37.6 Å². The van der Waals surface area contributed by atoms with Crippen molar-refractivity contribution >= 4 is 16.5 Å². The van der Waals surface area contributed by atoms with Crippen LogP contribution in [0, 0.1) is 0 Å². The highest BCUT2D eigenvalue weighted by Crippen LogP contribution is 2.28. The third-order valence-electron chi connectivity index (χ3n) is 4.10. The molecule has 1 aromatic rings. The van der Waals surface area contributed by atoms with E-state index < -0.39 is 0 Å². The quantitative estimate of drug-likeness (QED) is 0.839. The summed E-state index contributed by atoms with van der Waals surface area (Å²) in [6.45, 7) is 15.5. The molecule has 0 bridgehead atoms. The number of hydrogen-bond donors (Lipinski definition) is 1. The normalized spacial score (nSPS) is 16.9. The van der Waals surface area contributed by atoms with Crippen LogP contribution in [0.15, 0.2) is 0 Å². The molecule has 0 unspecified atom stereocenters. The summed E-state index contributed by atoms with van der Waals surface area (Å²) in [6.07, 6.45) is 2.27. The molecule has 1 N–H and O–H groups in total. The Hall–Kier alpha value is -0.650. The molecule has 0 aliphatic carbocycles. The molecule has 1 fully saturated rings. The van der Waals surface area contributed by atoms with Crippen LogP contribution in [0.5, 0.6) is 0 Å². The van der Waals surface area contributed by atoms with E-state index in [1.165, 1.54) is 22.1 Å². The lowest BCUT2D eigenvalue weighted by atomic mass is 10.2. The van der Waals surface area contributed by atoms with E-state index in [2.05, 4.69) is 42.8 Å². The van der Waals surface area contributed by atoms with Crippen LogP contribution in [0.2, 0.25) is 0 Å². The van der Waals surface area contributed by atoms with Crippen molar-refractivity contribution in [3.8, 4) is 0 Å². The Balaban J connectivity index is 2.02. The maximum Gasteiger partial charge on any atom is 0.185 e. The maximum absolute atomic E-state index is 4.93. The minimum atomic E-state index is 0.656. The van der Waals surface area contributed by atoms with Crippen molar-refractivity contribution < 1.29 is 0 Å². The van der Waals surface area contributed by atoms with Gasteiger partial charge < -0.3 is 10.2 Å². The van der Waals surface area contributed by atoms with E-state index in [4.69, 9.17) is 4.98 Å². The van der Waals surface area contributed by atoms with E-state index in [-0.39, 0.29) is 0 Å². The van der Waals surface area contributed by atoms with Gasteiger partial charge in [0.25, 0.3) is 0 Å². The summed E-state index contributed by atoms with van der Waals surface area (Å²) in [5, 5.41) is 4.68. The van der Waals surface area contributed by atoms with Gasteiger partial charge in [-0.3, -0.25) is 4.90 Å². The van der Waals surface area contributed by atoms with E-state index in [1.54, 1.807) is 0 Å². The van der Waals surface area contributed by atoms with Gasteiger partial charge in [0.1, 0.15) is 0 Å². The topological polar surface area (TPSA) is 31.4 Å². The van der Waals surface area contributed by atoms with Crippen LogP contribution >= 0.6 is 11.3 Å². The maximum atomic E-state index is 4.93. The van der Waals surface area contributed by atoms with Crippen LogP contribution in [-0.2, 0) is 13.0 Å². The van der Waals surface area contributed by atoms with E-state index in [0.717, 1.165) is 45.7 Å². The number of thiazole rings is 1. The van der Waals surface area contributed by atoms with Crippen LogP contribution in [0.1, 0.15) is 44.7 Å². The highest BCUT2D eigenvalue weighted by Gasteiger charge is 2.22. The molecule has 1 aliphatic heterocycles. The first-order chi connectivity index (χ1) is 10.2. The second-order valence-corrected chi connectivity index (χ2v) is 7.08. The van der Waals surface area contributed by atoms with E-state index in [1.807, 2.05) is 11.3 Å². The zero-order valence-electron chi connectivity index (χ0n) is 14.0. The first kappa shape index (κ1) is 16.7. The van der Waals surface area contributed by atoms with Gasteiger partial charge in [0.05, 0.1) is 5.69 Å². The third-order valence-corrected chi connectivity index (χ3v) is 5.26. The highest BCUT2D eigenvalue weighted by molar-refractivity contribution is 7.15. The van der Waals surface area contributed by atoms with Crippen LogP contribution in [0.25, 0.3) is 0 Å². The van der Waals surface area contributed by atoms with Crippen LogP contribution in [0.4, 0.5) is 5.13 Å². The number of anilines is 1. The van der Waals surface area contributed by atoms with Gasteiger partial charge in [-0.1, -0.05) is 20.3 Å². The molecule has 0 spiro atoms. The van der Waals surface area contributed by atoms with E-state index in [9.17, 15) is 0 Å². The fourth-order valence-corrected chi connectivity index (χ4v) is 3.87. The number of aromatic nitrogens is 1. The first-order valence-electron chi connectivity index (χ1n) is 8.34. The third kappa shape index (κ3) is 4.41. The summed E-state index contributed by atoms with van der Waals surface area (Å²) in [4.78, 5) is 11.4. The zero-order chi connectivity index (χ0) is 15.2. The van der Waals surface area contributed by atoms with Crippen molar-refractivity contribution in [3.63, 3.8) is 0 Å². The molecule has 2 rings (SSSR count). The lowest BCUT2D eigenvalue weighted by Gasteiger charge is -2.36. The summed E-state index contributed by atoms with van der Waals surface area (Å²) in [7, 11) is 0. The largest absolute Gasteiger partial charge is 0.346 e. The Bertz CT molecular complexity index is 422. The van der Waals surface area contributed by atoms with Gasteiger partial charge in [-0.15, -0.1) is 11.3 Å². The minimum Gasteiger partial charge on any atom is -0.346 e. The van der Waals surface area contributed by atoms with Crippen molar-refractivity contribution in [1.29, 1.82) is 0 Å². The molecule has 1 saturated heterocycles. The Morgan fingerprint density at radius 1 is 1.19 bits per heavy atom. The van der Waals surface area contributed by atoms with Gasteiger partial charge in [0.2, 0.25) is 0 Å². The summed E-state index contributed by atoms with van der Waals surface area (Å²) in [5.74, 6) is 0. The average Bonchev–Trinajstić information content (AvgIpc) is 2.88. The molecule has 0 saturated carbocycles. The second kappa shape index (κ2) is 8.11. The van der Waals surface area contributed by atoms with Gasteiger partial charge in [0, 0.05) is 43.6 Å². The van der Waals surface area contributed by atoms with Gasteiger partial charge in [-0.25, -0.2) is 4.98 Å². The molecular weight excluding hydrogens is 280 g/mol. The lowest BCUT2D eigenvalue weighted by Crippen LogP contribution is -2.48. The molecule has 0 atom stereocenters. The van der Waals surface area contributed by atoms with E-state index >= 15 is 0 Å². The van der Waals surface area contributed by atoms with Gasteiger partial charge in [-0.05, 0) is 26.8 Å². The number of nitrogens with one attached hydrogen (secondary N) is 1. The van der Waals surface area contributed by atoms with Gasteiger partial charge in [-0.2, -0.15) is 0 Å². The van der Waals surface area contributed by atoms with Crippen molar-refractivity contribution in [3.05, 3.63) is 10.6 Å². The van der Waals surface area contributed by atoms with Crippen molar-refractivity contribution in [1.82, 2.24) is 15.2 Å². The standard InChI is InChI=1S/C16H30N4S/c1-5-7-14-15(12-17-6-2)21-16(18-14)20-10-8-19(9-11-20)13(3)4/h13,17H,5-12H2,1-4H3. The molecule has 5 heteroatoms. The van der Waals surface area contributed by atoms with Gasteiger partial charge >= 0.3 is 0 Å². The Kier molecular flexibility index (Phi) is 6.45. The molecule has 21 heavy (non-hydrogen) atoms. The lowest BCUT2D eigenvalue weighted by molar-refractivity contribution is 0.209. The predicted molar refractivity (Wildman–Crippen MR) is 92.4 cm³/mol. The number of rotatable bonds is 7. The monoisotopic (exact) mass is 310 g/mol. The Morgan fingerprint density at radius 3 is 2.48 bits per heavy atom. The first-order valence-corrected chi connectivity index (χ1v) is 9.15. The molecule has 1 aliphatic rings. The number of hydrogen-bond acceptors (Lipinski definition) is 5. The molecule has 0 amide bonds. The predicted octanol–water partition coefficient (Wildman–Crippen LogP) is 2.74. The molecule has 4 nitrogen and oxygen atoms in total. The van der Waals surface area contributed by atoms with E-state index in [0.29, 0.717) is 6.04 Å². The van der Waals surface area contributed by atoms with Crippen LogP contribution < -0.4 is 10.2 Å². The summed E-state index contributed by atoms with van der Waals surface area (Å²) >= 11 is 1.89. The Morgan fingerprint density at radius 2 is 1.90 bits per heavy atom. The summed E-state index contributed by atoms with van der Waals surface area (Å²) in [5.41, 5.74) is 1.31. The minimum absolute atomic E-state index is 0.656. The molecule has 0 radical (unpaired) electrons. The Labute approximate surface area is 133 Å². The van der Waals surface area contributed by atoms with Gasteiger partial charge in [0.15, 0.2) is 5.13 Å². The summed E-state index contributed by atoms with van der Waals surface area (Å²) in [6, 6.07) is 0.656. The fourth-order valence-electron chi connectivity index (χ4n) is 2.74. The molecule has 120 valence electrons. The SMILES string of the molecule is CCCc1nc(N2CCN(C(C)C)CC2)sc1CNCC. The highest BCUT2D eigenvalue weighted by atomic mass is 32.1. The molecule has 1 aromatic heterocycles. The number of piperazine rings is 1. The fraction of sp³-hybridized carbons (Fsp3) is 0.812.